The van der Waals surface area contributed by atoms with E-state index in [1.807, 2.05) is 0 Å². The van der Waals surface area contributed by atoms with Gasteiger partial charge in [-0.1, -0.05) is 41.5 Å². The van der Waals surface area contributed by atoms with Gasteiger partial charge in [0.2, 0.25) is 0 Å². The fourth-order valence-corrected chi connectivity index (χ4v) is 3.62. The van der Waals surface area contributed by atoms with Crippen LogP contribution >= 0.6 is 0 Å². The average Bonchev–Trinajstić information content (AvgIpc) is 3.31. The molecule has 39 heavy (non-hydrogen) atoms. The lowest BCUT2D eigenvalue weighted by Crippen LogP contribution is -2.59. The first-order valence-corrected chi connectivity index (χ1v) is 12.5. The minimum absolute atomic E-state index is 0.0768. The number of amides is 5. The lowest BCUT2D eigenvalue weighted by molar-refractivity contribution is -0.152. The molecule has 216 valence electrons. The van der Waals surface area contributed by atoms with Crippen molar-refractivity contribution in [3.8, 4) is 0 Å². The highest BCUT2D eigenvalue weighted by Crippen LogP contribution is 2.18. The number of aromatic nitrogens is 2. The zero-order chi connectivity index (χ0) is 30.5. The van der Waals surface area contributed by atoms with Gasteiger partial charge in [0.1, 0.15) is 11.4 Å². The number of imidazole rings is 1. The van der Waals surface area contributed by atoms with E-state index in [0.29, 0.717) is 6.54 Å². The molecule has 2 unspecified atom stereocenters. The van der Waals surface area contributed by atoms with Crippen LogP contribution in [0.3, 0.4) is 0 Å². The number of nitrogens with zero attached hydrogens (tertiary/aromatic N) is 3. The summed E-state index contributed by atoms with van der Waals surface area (Å²) < 4.78 is 0. The summed E-state index contributed by atoms with van der Waals surface area (Å²) >= 11 is 0. The van der Waals surface area contributed by atoms with Crippen molar-refractivity contribution >= 4 is 41.1 Å². The third-order valence-corrected chi connectivity index (χ3v) is 5.83. The number of hydrogen-bond donors (Lipinski definition) is 3. The Hall–Kier alpha value is -3.90. The molecule has 5 amide bonds. The van der Waals surface area contributed by atoms with Crippen LogP contribution in [0.5, 0.6) is 0 Å². The summed E-state index contributed by atoms with van der Waals surface area (Å²) in [4.78, 5) is 90.9. The Kier molecular flexibility index (Phi) is 10.8. The second-order valence-electron chi connectivity index (χ2n) is 11.5. The summed E-state index contributed by atoms with van der Waals surface area (Å²) in [6, 6.07) is -2.05. The molecule has 2 atom stereocenters. The van der Waals surface area contributed by atoms with Gasteiger partial charge in [-0.15, -0.1) is 0 Å². The second kappa shape index (κ2) is 12.8. The summed E-state index contributed by atoms with van der Waals surface area (Å²) in [7, 11) is 1.50. The van der Waals surface area contributed by atoms with Crippen molar-refractivity contribution in [3.05, 3.63) is 17.7 Å². The van der Waals surface area contributed by atoms with E-state index in [-0.39, 0.29) is 35.3 Å². The number of aromatic amines is 1. The van der Waals surface area contributed by atoms with E-state index in [9.17, 15) is 33.6 Å². The second-order valence-corrected chi connectivity index (χ2v) is 11.5. The van der Waals surface area contributed by atoms with Gasteiger partial charge in [-0.05, 0) is 13.8 Å². The lowest BCUT2D eigenvalue weighted by atomic mass is 9.87. The molecule has 1 aromatic heterocycles. The fourth-order valence-electron chi connectivity index (χ4n) is 3.62. The van der Waals surface area contributed by atoms with Gasteiger partial charge >= 0.3 is 17.8 Å². The van der Waals surface area contributed by atoms with E-state index >= 15 is 0 Å². The van der Waals surface area contributed by atoms with Crippen LogP contribution in [0.15, 0.2) is 6.33 Å². The molecular weight excluding hydrogens is 508 g/mol. The highest BCUT2D eigenvalue weighted by molar-refractivity contribution is 6.38. The quantitative estimate of drug-likeness (QED) is 0.352. The predicted octanol–water partition coefficient (Wildman–Crippen LogP) is 1.35. The zero-order valence-electron chi connectivity index (χ0n) is 24.3. The Labute approximate surface area is 228 Å². The highest BCUT2D eigenvalue weighted by atomic mass is 16.2. The highest BCUT2D eigenvalue weighted by Gasteiger charge is 2.36. The predicted molar refractivity (Wildman–Crippen MR) is 142 cm³/mol. The number of urea groups is 1. The number of carbonyl (C=O) groups excluding carboxylic acids is 7. The molecule has 0 bridgehead atoms. The number of imide groups is 1. The number of nitrogens with one attached hydrogen (secondary N) is 3. The first kappa shape index (κ1) is 33.1. The van der Waals surface area contributed by atoms with Crippen LogP contribution < -0.4 is 10.6 Å². The molecule has 1 aliphatic rings. The molecule has 3 N–H and O–H groups in total. The molecule has 1 saturated heterocycles. The summed E-state index contributed by atoms with van der Waals surface area (Å²) in [6.45, 7) is 15.6. The molecule has 2 heterocycles. The minimum atomic E-state index is -0.869. The molecule has 1 aromatic rings. The Morgan fingerprint density at radius 1 is 0.872 bits per heavy atom. The third kappa shape index (κ3) is 8.82. The van der Waals surface area contributed by atoms with Crippen molar-refractivity contribution in [3.63, 3.8) is 0 Å². The number of hydrogen-bond acceptors (Lipinski definition) is 8. The van der Waals surface area contributed by atoms with Crippen LogP contribution in [0.25, 0.3) is 0 Å². The first-order chi connectivity index (χ1) is 17.7. The molecule has 0 spiro atoms. The molecular formula is C26H40N6O7. The maximum absolute atomic E-state index is 12.0. The van der Waals surface area contributed by atoms with Crippen LogP contribution in [0.1, 0.15) is 83.3 Å². The Bertz CT molecular complexity index is 1140. The van der Waals surface area contributed by atoms with E-state index in [2.05, 4.69) is 20.6 Å². The van der Waals surface area contributed by atoms with Crippen LogP contribution in [0, 0.1) is 10.8 Å². The number of H-pyrrole nitrogens is 1. The normalized spacial score (nSPS) is 15.5. The van der Waals surface area contributed by atoms with Crippen molar-refractivity contribution < 1.29 is 33.6 Å². The number of ketones is 3. The number of likely N-dealkylation sites (N-methyl/N-ethyl adjacent to an activating group) is 1. The van der Waals surface area contributed by atoms with Gasteiger partial charge in [0.15, 0.2) is 17.3 Å². The number of Topliss-reactive ketones (excluding diaryl/α,β-unsaturated/α-hetero) is 3. The van der Waals surface area contributed by atoms with Crippen LogP contribution in [-0.4, -0.2) is 93.1 Å². The summed E-state index contributed by atoms with van der Waals surface area (Å²) in [5.74, 6) is -2.62. The molecule has 0 aromatic carbocycles. The zero-order valence-corrected chi connectivity index (χ0v) is 24.3. The van der Waals surface area contributed by atoms with Crippen LogP contribution in [-0.2, 0) is 19.2 Å². The smallest absolute Gasteiger partial charge is 0.325 e. The van der Waals surface area contributed by atoms with Crippen molar-refractivity contribution in [2.24, 2.45) is 10.8 Å². The third-order valence-electron chi connectivity index (χ3n) is 5.83. The molecule has 1 aliphatic heterocycles. The van der Waals surface area contributed by atoms with Gasteiger partial charge in [0.25, 0.3) is 5.91 Å². The summed E-state index contributed by atoms with van der Waals surface area (Å²) in [5.41, 5.74) is -0.965. The van der Waals surface area contributed by atoms with Crippen molar-refractivity contribution in [1.82, 2.24) is 30.4 Å². The van der Waals surface area contributed by atoms with Gasteiger partial charge in [-0.25, -0.2) is 9.78 Å². The standard InChI is InChI=1S/C13H21N3O4.C13H19N3O3/c1-8(9(17)13(2,3)4)14-12(20)16-7-6-15(5)10(18)11(16)19;1-7(11(18)13(3,4)5)16-12(19)10-9(8(2)17)14-6-15-10/h8H,6-7H2,1-5H3,(H,14,20);6-7H,1-5H3,(H,14,15)(H,16,19). The first-order valence-electron chi connectivity index (χ1n) is 12.5. The lowest BCUT2D eigenvalue weighted by Gasteiger charge is -2.31. The van der Waals surface area contributed by atoms with Crippen molar-refractivity contribution in [1.29, 1.82) is 0 Å². The van der Waals surface area contributed by atoms with Gasteiger partial charge in [0, 0.05) is 37.9 Å². The molecule has 13 nitrogen and oxygen atoms in total. The van der Waals surface area contributed by atoms with Gasteiger partial charge in [0.05, 0.1) is 18.4 Å². The molecule has 0 aliphatic carbocycles. The average molecular weight is 549 g/mol. The van der Waals surface area contributed by atoms with E-state index in [4.69, 9.17) is 0 Å². The topological polar surface area (TPSA) is 179 Å². The molecule has 2 rings (SSSR count). The van der Waals surface area contributed by atoms with Gasteiger partial charge in [-0.3, -0.25) is 33.7 Å². The number of piperazine rings is 1. The van der Waals surface area contributed by atoms with E-state index in [0.717, 1.165) is 4.90 Å². The van der Waals surface area contributed by atoms with Gasteiger partial charge in [-0.2, -0.15) is 0 Å². The maximum Gasteiger partial charge on any atom is 0.325 e. The maximum atomic E-state index is 12.0. The SMILES string of the molecule is CC(=O)c1nc[nH]c1C(=O)NC(C)C(=O)C(C)(C)C.CC(NC(=O)N1CCN(C)C(=O)C1=O)C(=O)C(C)(C)C. The number of carbonyl (C=O) groups is 7. The van der Waals surface area contributed by atoms with E-state index < -0.39 is 46.7 Å². The van der Waals surface area contributed by atoms with Crippen LogP contribution in [0.2, 0.25) is 0 Å². The Morgan fingerprint density at radius 2 is 1.36 bits per heavy atom. The van der Waals surface area contributed by atoms with Gasteiger partial charge < -0.3 is 20.5 Å². The summed E-state index contributed by atoms with van der Waals surface area (Å²) in [6.07, 6.45) is 1.28. The minimum Gasteiger partial charge on any atom is -0.341 e. The van der Waals surface area contributed by atoms with Crippen LogP contribution in [0.4, 0.5) is 4.79 Å². The molecule has 1 fully saturated rings. The Balaban J connectivity index is 0.000000391. The largest absolute Gasteiger partial charge is 0.341 e. The molecule has 0 radical (unpaired) electrons. The monoisotopic (exact) mass is 548 g/mol. The number of rotatable bonds is 6. The van der Waals surface area contributed by atoms with Crippen molar-refractivity contribution in [2.75, 3.05) is 20.1 Å². The van der Waals surface area contributed by atoms with Crippen molar-refractivity contribution in [2.45, 2.75) is 74.4 Å². The molecule has 0 saturated carbocycles. The summed E-state index contributed by atoms with van der Waals surface area (Å²) in [5, 5.41) is 5.04. The molecule has 13 heteroatoms. The Morgan fingerprint density at radius 3 is 1.82 bits per heavy atom. The van der Waals surface area contributed by atoms with E-state index in [1.54, 1.807) is 55.4 Å². The fraction of sp³-hybridized carbons (Fsp3) is 0.615. The van der Waals surface area contributed by atoms with E-state index in [1.165, 1.54) is 25.2 Å².